The second-order valence-corrected chi connectivity index (χ2v) is 7.88. The Morgan fingerprint density at radius 1 is 0.821 bits per heavy atom. The van der Waals surface area contributed by atoms with Gasteiger partial charge in [-0.25, -0.2) is 0 Å². The summed E-state index contributed by atoms with van der Waals surface area (Å²) in [5.74, 6) is 0. The van der Waals surface area contributed by atoms with Crippen molar-refractivity contribution < 1.29 is 8.68 Å². The quantitative estimate of drug-likeness (QED) is 0.326. The molecule has 0 unspecified atom stereocenters. The zero-order valence-electron chi connectivity index (χ0n) is 19.7. The maximum Gasteiger partial charge on any atom is 0.213 e. The van der Waals surface area contributed by atoms with E-state index in [1.165, 1.54) is 38.1 Å². The van der Waals surface area contributed by atoms with E-state index in [9.17, 15) is 0 Å². The van der Waals surface area contributed by atoms with Crippen molar-refractivity contribution in [3.8, 4) is 11.3 Å². The van der Waals surface area contributed by atoms with Crippen LogP contribution < -0.4 is 4.57 Å². The van der Waals surface area contributed by atoms with Gasteiger partial charge in [-0.1, -0.05) is 41.5 Å². The van der Waals surface area contributed by atoms with Gasteiger partial charge in [0.05, 0.1) is 0 Å². The monoisotopic (exact) mass is 368 g/mol. The normalized spacial score (nSPS) is 13.8. The lowest BCUT2D eigenvalue weighted by Crippen LogP contribution is -2.30. The minimum Gasteiger partial charge on any atom is -0.339 e. The van der Waals surface area contributed by atoms with Crippen LogP contribution in [0.15, 0.2) is 60.8 Å². The molecule has 0 aliphatic heterocycles. The molecular formula is C26H25N2+. The molecule has 0 aliphatic rings. The fourth-order valence-corrected chi connectivity index (χ4v) is 4.36. The van der Waals surface area contributed by atoms with E-state index in [0.29, 0.717) is 5.56 Å². The van der Waals surface area contributed by atoms with Gasteiger partial charge in [-0.3, -0.25) is 0 Å². The summed E-state index contributed by atoms with van der Waals surface area (Å²) >= 11 is 0. The molecule has 138 valence electrons. The lowest BCUT2D eigenvalue weighted by molar-refractivity contribution is -0.659. The van der Waals surface area contributed by atoms with Gasteiger partial charge in [0.15, 0.2) is 6.20 Å². The molecule has 28 heavy (non-hydrogen) atoms. The summed E-state index contributed by atoms with van der Waals surface area (Å²) in [5, 5.41) is 4.91. The Hall–Kier alpha value is -3.13. The van der Waals surface area contributed by atoms with Crippen molar-refractivity contribution >= 4 is 32.6 Å². The average molecular weight is 369 g/mol. The predicted octanol–water partition coefficient (Wildman–Crippen LogP) is 5.90. The smallest absolute Gasteiger partial charge is 0.213 e. The molecule has 2 aromatic heterocycles. The Morgan fingerprint density at radius 2 is 1.61 bits per heavy atom. The fraction of sp³-hybridized carbons (Fsp3) is 0.192. The molecular weight excluding hydrogens is 340 g/mol. The summed E-state index contributed by atoms with van der Waals surface area (Å²) in [5.41, 5.74) is 7.10. The first kappa shape index (κ1) is 14.0. The maximum absolute atomic E-state index is 7.69. The highest BCUT2D eigenvalue weighted by Gasteiger charge is 2.19. The largest absolute Gasteiger partial charge is 0.339 e. The van der Waals surface area contributed by atoms with Crippen LogP contribution in [0.25, 0.3) is 43.8 Å². The van der Waals surface area contributed by atoms with E-state index >= 15 is 0 Å². The number of benzene rings is 3. The Bertz CT molecular complexity index is 1510. The maximum atomic E-state index is 7.69. The van der Waals surface area contributed by atoms with Crippen molar-refractivity contribution in [1.82, 2.24) is 4.57 Å². The van der Waals surface area contributed by atoms with Gasteiger partial charge in [0.1, 0.15) is 12.6 Å². The number of pyridine rings is 1. The van der Waals surface area contributed by atoms with Crippen molar-refractivity contribution in [2.24, 2.45) is 14.1 Å². The van der Waals surface area contributed by atoms with Crippen molar-refractivity contribution in [3.05, 3.63) is 77.5 Å². The van der Waals surface area contributed by atoms with Crippen LogP contribution in [0.1, 0.15) is 20.8 Å². The van der Waals surface area contributed by atoms with E-state index in [0.717, 1.165) is 16.8 Å². The second kappa shape index (κ2) is 5.93. The molecule has 2 heteroatoms. The second-order valence-electron chi connectivity index (χ2n) is 7.88. The third kappa shape index (κ3) is 2.45. The topological polar surface area (TPSA) is 8.81 Å². The number of hydrogen-bond donors (Lipinski definition) is 0. The zero-order valence-corrected chi connectivity index (χ0v) is 16.7. The first-order valence-electron chi connectivity index (χ1n) is 11.1. The van der Waals surface area contributed by atoms with Crippen LogP contribution in [0.4, 0.5) is 0 Å². The first-order chi connectivity index (χ1) is 14.6. The van der Waals surface area contributed by atoms with E-state index in [-0.39, 0.29) is 0 Å². The highest BCUT2D eigenvalue weighted by Crippen LogP contribution is 2.33. The number of rotatable bonds is 1. The molecule has 0 spiro atoms. The standard InChI is InChI=1S/C26H25N2/c1-16-7-9-21(18(3)10-16)24-14-23-22-12-19-8-6-17(2)11-20(19)13-25(22)28(5)26(23)15-27(24)4/h6-15H,1-5H3/q+1/i1D3. The van der Waals surface area contributed by atoms with Gasteiger partial charge in [0, 0.05) is 39.1 Å². The summed E-state index contributed by atoms with van der Waals surface area (Å²) in [6.45, 7) is 2.01. The van der Waals surface area contributed by atoms with Gasteiger partial charge < -0.3 is 4.57 Å². The average Bonchev–Trinajstić information content (AvgIpc) is 2.96. The van der Waals surface area contributed by atoms with Crippen LogP contribution in [-0.4, -0.2) is 4.57 Å². The molecule has 0 radical (unpaired) electrons. The van der Waals surface area contributed by atoms with Gasteiger partial charge >= 0.3 is 0 Å². The third-order valence-electron chi connectivity index (χ3n) is 5.88. The number of nitrogens with zero attached hydrogens (tertiary/aromatic N) is 2. The lowest BCUT2D eigenvalue weighted by Gasteiger charge is -2.06. The van der Waals surface area contributed by atoms with Crippen molar-refractivity contribution in [3.63, 3.8) is 0 Å². The molecule has 2 heterocycles. The molecule has 0 bridgehead atoms. The predicted molar refractivity (Wildman–Crippen MR) is 119 cm³/mol. The summed E-state index contributed by atoms with van der Waals surface area (Å²) in [6.07, 6.45) is 2.16. The van der Waals surface area contributed by atoms with Crippen LogP contribution in [0.5, 0.6) is 0 Å². The lowest BCUT2D eigenvalue weighted by atomic mass is 10.0. The SMILES string of the molecule is [2H]C([2H])([2H])c1ccc(-c2cc3c4cc5ccc(C)cc5cc4n(C)c3c[n+]2C)c(C)c1. The highest BCUT2D eigenvalue weighted by molar-refractivity contribution is 6.12. The molecule has 2 nitrogen and oxygen atoms in total. The van der Waals surface area contributed by atoms with Gasteiger partial charge in [0.25, 0.3) is 0 Å². The third-order valence-corrected chi connectivity index (χ3v) is 5.88. The number of aromatic nitrogens is 2. The zero-order chi connectivity index (χ0) is 22.1. The number of hydrogen-bond acceptors (Lipinski definition) is 0. The molecule has 0 N–H and O–H groups in total. The van der Waals surface area contributed by atoms with Crippen LogP contribution in [0, 0.1) is 20.7 Å². The van der Waals surface area contributed by atoms with E-state index in [4.69, 9.17) is 4.11 Å². The Balaban J connectivity index is 1.79. The summed E-state index contributed by atoms with van der Waals surface area (Å²) < 4.78 is 27.5. The number of fused-ring (bicyclic) bond motifs is 4. The Morgan fingerprint density at radius 3 is 2.39 bits per heavy atom. The number of aryl methyl sites for hydroxylation is 5. The van der Waals surface area contributed by atoms with Crippen molar-refractivity contribution in [1.29, 1.82) is 0 Å². The molecule has 0 saturated heterocycles. The van der Waals surface area contributed by atoms with Crippen molar-refractivity contribution in [2.45, 2.75) is 20.7 Å². The molecule has 0 amide bonds. The molecule has 0 saturated carbocycles. The van der Waals surface area contributed by atoms with Gasteiger partial charge in [0.2, 0.25) is 5.69 Å². The molecule has 5 rings (SSSR count). The Kier molecular flexibility index (Phi) is 2.96. The Labute approximate surface area is 169 Å². The van der Waals surface area contributed by atoms with E-state index in [1.54, 1.807) is 12.1 Å². The van der Waals surface area contributed by atoms with Gasteiger partial charge in [-0.05, 0) is 55.2 Å². The highest BCUT2D eigenvalue weighted by atomic mass is 15.0. The minimum atomic E-state index is -2.09. The van der Waals surface area contributed by atoms with E-state index in [2.05, 4.69) is 65.7 Å². The van der Waals surface area contributed by atoms with Gasteiger partial charge in [-0.15, -0.1) is 0 Å². The van der Waals surface area contributed by atoms with Crippen LogP contribution in [0.2, 0.25) is 0 Å². The summed E-state index contributed by atoms with van der Waals surface area (Å²) in [7, 11) is 4.16. The molecule has 3 aromatic carbocycles. The molecule has 0 aliphatic carbocycles. The molecule has 0 atom stereocenters. The fourth-order valence-electron chi connectivity index (χ4n) is 4.36. The first-order valence-corrected chi connectivity index (χ1v) is 9.57. The summed E-state index contributed by atoms with van der Waals surface area (Å²) in [4.78, 5) is 0. The molecule has 0 fully saturated rings. The minimum absolute atomic E-state index is 0.379. The van der Waals surface area contributed by atoms with Gasteiger partial charge in [-0.2, -0.15) is 4.57 Å². The van der Waals surface area contributed by atoms with E-state index in [1.807, 2.05) is 20.0 Å². The van der Waals surface area contributed by atoms with Crippen molar-refractivity contribution in [2.75, 3.05) is 0 Å². The van der Waals surface area contributed by atoms with Crippen LogP contribution in [0.3, 0.4) is 0 Å². The molecule has 5 aromatic rings. The van der Waals surface area contributed by atoms with Crippen LogP contribution in [-0.2, 0) is 14.1 Å². The summed E-state index contributed by atoms with van der Waals surface area (Å²) in [6, 6.07) is 18.8. The van der Waals surface area contributed by atoms with Crippen LogP contribution >= 0.6 is 0 Å². The van der Waals surface area contributed by atoms with E-state index < -0.39 is 6.85 Å².